The molecule has 0 aromatic heterocycles. The summed E-state index contributed by atoms with van der Waals surface area (Å²) in [7, 11) is -2.00. The molecule has 116 valence electrons. The second kappa shape index (κ2) is 8.36. The van der Waals surface area contributed by atoms with E-state index in [4.69, 9.17) is 5.11 Å². The molecule has 2 N–H and O–H groups in total. The summed E-state index contributed by atoms with van der Waals surface area (Å²) in [6, 6.07) is 0. The highest BCUT2D eigenvalue weighted by atomic mass is 31.1. The van der Waals surface area contributed by atoms with Gasteiger partial charge >= 0.3 is 5.97 Å². The number of hydrogen-bond donors (Lipinski definition) is 2. The van der Waals surface area contributed by atoms with Gasteiger partial charge in [-0.2, -0.15) is 0 Å². The van der Waals surface area contributed by atoms with E-state index in [1.54, 1.807) is 0 Å². The summed E-state index contributed by atoms with van der Waals surface area (Å²) < 4.78 is 11.4. The number of imide groups is 1. The average Bonchev–Trinajstić information content (AvgIpc) is 2.73. The standard InChI is InChI=1S/C12H17N2O6P/c15-9(3-6-14-10(16)1-2-11(14)17)13-5-8-21(20)7-4-12(18)19/h1-2,21H,3-8H2,(H,13,15)(H,18,19). The van der Waals surface area contributed by atoms with Crippen LogP contribution in [-0.2, 0) is 23.7 Å². The van der Waals surface area contributed by atoms with E-state index in [1.807, 2.05) is 0 Å². The molecule has 9 heteroatoms. The predicted molar refractivity (Wildman–Crippen MR) is 74.5 cm³/mol. The first-order valence-electron chi connectivity index (χ1n) is 6.44. The van der Waals surface area contributed by atoms with Crippen molar-refractivity contribution in [3.8, 4) is 0 Å². The monoisotopic (exact) mass is 316 g/mol. The van der Waals surface area contributed by atoms with Crippen LogP contribution in [0.2, 0.25) is 0 Å². The van der Waals surface area contributed by atoms with Crippen LogP contribution in [0.15, 0.2) is 12.2 Å². The summed E-state index contributed by atoms with van der Waals surface area (Å²) in [5.74, 6) is -2.22. The minimum atomic E-state index is -2.00. The molecule has 0 saturated heterocycles. The molecule has 1 aliphatic rings. The molecule has 0 aliphatic carbocycles. The van der Waals surface area contributed by atoms with Gasteiger partial charge in [-0.15, -0.1) is 0 Å². The van der Waals surface area contributed by atoms with Crippen molar-refractivity contribution >= 4 is 31.5 Å². The molecule has 0 aromatic carbocycles. The molecule has 8 nitrogen and oxygen atoms in total. The smallest absolute Gasteiger partial charge is 0.303 e. The number of amides is 3. The summed E-state index contributed by atoms with van der Waals surface area (Å²) in [6.45, 7) is 0.196. The highest BCUT2D eigenvalue weighted by Gasteiger charge is 2.23. The molecule has 3 amide bonds. The van der Waals surface area contributed by atoms with E-state index in [9.17, 15) is 23.7 Å². The first-order valence-corrected chi connectivity index (χ1v) is 8.26. The largest absolute Gasteiger partial charge is 0.481 e. The van der Waals surface area contributed by atoms with Crippen molar-refractivity contribution in [1.29, 1.82) is 0 Å². The third kappa shape index (κ3) is 6.35. The second-order valence-electron chi connectivity index (χ2n) is 4.44. The minimum absolute atomic E-state index is 0.00466. The number of nitrogens with zero attached hydrogens (tertiary/aromatic N) is 1. The number of rotatable bonds is 9. The fraction of sp³-hybridized carbons (Fsp3) is 0.500. The van der Waals surface area contributed by atoms with Gasteiger partial charge in [0.05, 0.1) is 14.2 Å². The Kier molecular flexibility index (Phi) is 6.81. The Morgan fingerprint density at radius 2 is 1.76 bits per heavy atom. The first kappa shape index (κ1) is 17.1. The van der Waals surface area contributed by atoms with E-state index >= 15 is 0 Å². The topological polar surface area (TPSA) is 121 Å². The van der Waals surface area contributed by atoms with Crippen LogP contribution in [0.25, 0.3) is 0 Å². The molecular formula is C12H17N2O6P. The van der Waals surface area contributed by atoms with Crippen LogP contribution in [0.4, 0.5) is 0 Å². The Balaban J connectivity index is 2.14. The second-order valence-corrected chi connectivity index (χ2v) is 6.52. The van der Waals surface area contributed by atoms with Crippen LogP contribution in [0, 0.1) is 0 Å². The lowest BCUT2D eigenvalue weighted by atomic mass is 10.3. The number of carbonyl (C=O) groups is 4. The van der Waals surface area contributed by atoms with Gasteiger partial charge in [-0.1, -0.05) is 0 Å². The lowest BCUT2D eigenvalue weighted by Gasteiger charge is -2.13. The van der Waals surface area contributed by atoms with Crippen molar-refractivity contribution in [3.05, 3.63) is 12.2 Å². The number of carboxylic acids is 1. The zero-order chi connectivity index (χ0) is 15.8. The van der Waals surface area contributed by atoms with Gasteiger partial charge in [-0.3, -0.25) is 24.1 Å². The maximum atomic E-state index is 11.5. The van der Waals surface area contributed by atoms with Crippen molar-refractivity contribution < 1.29 is 28.8 Å². The zero-order valence-electron chi connectivity index (χ0n) is 11.3. The number of carbonyl (C=O) groups excluding carboxylic acids is 3. The van der Waals surface area contributed by atoms with Crippen LogP contribution in [0.1, 0.15) is 12.8 Å². The van der Waals surface area contributed by atoms with Gasteiger partial charge in [0.2, 0.25) is 5.91 Å². The van der Waals surface area contributed by atoms with E-state index in [2.05, 4.69) is 5.32 Å². The van der Waals surface area contributed by atoms with Gasteiger partial charge in [0.15, 0.2) is 0 Å². The van der Waals surface area contributed by atoms with E-state index in [0.29, 0.717) is 0 Å². The van der Waals surface area contributed by atoms with E-state index in [1.165, 1.54) is 0 Å². The maximum absolute atomic E-state index is 11.5. The summed E-state index contributed by atoms with van der Waals surface area (Å²) in [5.41, 5.74) is 0. The van der Waals surface area contributed by atoms with Crippen LogP contribution in [0.5, 0.6) is 0 Å². The summed E-state index contributed by atoms with van der Waals surface area (Å²) in [4.78, 5) is 45.2. The van der Waals surface area contributed by atoms with Gasteiger partial charge in [-0.25, -0.2) is 0 Å². The molecule has 0 spiro atoms. The van der Waals surface area contributed by atoms with Gasteiger partial charge in [0, 0.05) is 44.0 Å². The lowest BCUT2D eigenvalue weighted by Crippen LogP contribution is -2.35. The number of hydrogen-bond acceptors (Lipinski definition) is 5. The summed E-state index contributed by atoms with van der Waals surface area (Å²) in [6.07, 6.45) is 2.50. The molecule has 1 unspecified atom stereocenters. The van der Waals surface area contributed by atoms with Gasteiger partial charge in [0.25, 0.3) is 11.8 Å². The Morgan fingerprint density at radius 3 is 2.33 bits per heavy atom. The average molecular weight is 316 g/mol. The van der Waals surface area contributed by atoms with Crippen LogP contribution >= 0.6 is 7.80 Å². The fourth-order valence-electron chi connectivity index (χ4n) is 1.67. The third-order valence-corrected chi connectivity index (χ3v) is 4.42. The molecule has 1 aliphatic heterocycles. The SMILES string of the molecule is O=C(O)CC[PH](=O)CCNC(=O)CCN1C(=O)C=CC1=O. The summed E-state index contributed by atoms with van der Waals surface area (Å²) >= 11 is 0. The van der Waals surface area contributed by atoms with E-state index in [0.717, 1.165) is 17.1 Å². The number of carboxylic acid groups (broad SMARTS) is 1. The van der Waals surface area contributed by atoms with Crippen molar-refractivity contribution in [2.45, 2.75) is 12.8 Å². The molecule has 0 bridgehead atoms. The van der Waals surface area contributed by atoms with Crippen molar-refractivity contribution in [1.82, 2.24) is 10.2 Å². The summed E-state index contributed by atoms with van der Waals surface area (Å²) in [5, 5.41) is 11.0. The molecule has 21 heavy (non-hydrogen) atoms. The molecule has 0 fully saturated rings. The van der Waals surface area contributed by atoms with Gasteiger partial charge in [0.1, 0.15) is 0 Å². The molecule has 1 atom stereocenters. The van der Waals surface area contributed by atoms with Crippen LogP contribution in [0.3, 0.4) is 0 Å². The highest BCUT2D eigenvalue weighted by Crippen LogP contribution is 2.19. The third-order valence-electron chi connectivity index (χ3n) is 2.81. The first-order chi connectivity index (χ1) is 9.90. The fourth-order valence-corrected chi connectivity index (χ4v) is 2.81. The molecule has 0 radical (unpaired) electrons. The molecule has 0 aromatic rings. The number of nitrogens with one attached hydrogen (secondary N) is 1. The molecule has 1 rings (SSSR count). The Labute approximate surface area is 122 Å². The van der Waals surface area contributed by atoms with E-state index in [-0.39, 0.29) is 44.2 Å². The molecular weight excluding hydrogens is 299 g/mol. The quantitative estimate of drug-likeness (QED) is 0.435. The van der Waals surface area contributed by atoms with Crippen molar-refractivity contribution in [3.63, 3.8) is 0 Å². The molecule has 0 saturated carbocycles. The Hall–Kier alpha value is -1.95. The Morgan fingerprint density at radius 1 is 1.14 bits per heavy atom. The van der Waals surface area contributed by atoms with Crippen LogP contribution in [-0.4, -0.2) is 59.1 Å². The van der Waals surface area contributed by atoms with E-state index < -0.39 is 25.6 Å². The lowest BCUT2D eigenvalue weighted by molar-refractivity contribution is -0.138. The minimum Gasteiger partial charge on any atom is -0.481 e. The zero-order valence-corrected chi connectivity index (χ0v) is 12.3. The normalized spacial score (nSPS) is 15.3. The van der Waals surface area contributed by atoms with Gasteiger partial charge in [-0.05, 0) is 0 Å². The maximum Gasteiger partial charge on any atom is 0.303 e. The van der Waals surface area contributed by atoms with Gasteiger partial charge < -0.3 is 15.0 Å². The van der Waals surface area contributed by atoms with Crippen molar-refractivity contribution in [2.24, 2.45) is 0 Å². The van der Waals surface area contributed by atoms with Crippen molar-refractivity contribution in [2.75, 3.05) is 25.4 Å². The Bertz CT molecular complexity index is 484. The number of aliphatic carboxylic acids is 1. The van der Waals surface area contributed by atoms with Crippen LogP contribution < -0.4 is 5.32 Å². The highest BCUT2D eigenvalue weighted by molar-refractivity contribution is 7.44. The predicted octanol–water partition coefficient (Wildman–Crippen LogP) is -0.548. The molecule has 1 heterocycles.